The van der Waals surface area contributed by atoms with Gasteiger partial charge in [0.25, 0.3) is 5.91 Å². The highest BCUT2D eigenvalue weighted by atomic mass is 16.5. The molecule has 1 aliphatic carbocycles. The average molecular weight is 448 g/mol. The second-order valence-corrected chi connectivity index (χ2v) is 8.28. The number of likely N-dealkylation sites (N-methyl/N-ethyl adjacent to an activating group) is 1. The second-order valence-electron chi connectivity index (χ2n) is 8.28. The van der Waals surface area contributed by atoms with Crippen molar-refractivity contribution in [3.8, 4) is 17.2 Å². The molecule has 3 aromatic rings. The maximum atomic E-state index is 12.8. The number of hydrogen-bond acceptors (Lipinski definition) is 5. The molecule has 0 bridgehead atoms. The monoisotopic (exact) mass is 447 g/mol. The molecule has 2 heterocycles. The van der Waals surface area contributed by atoms with Gasteiger partial charge in [-0.25, -0.2) is 4.98 Å². The first kappa shape index (κ1) is 22.6. The van der Waals surface area contributed by atoms with Gasteiger partial charge in [0.05, 0.1) is 6.20 Å². The van der Waals surface area contributed by atoms with Crippen molar-refractivity contribution < 1.29 is 18.7 Å². The summed E-state index contributed by atoms with van der Waals surface area (Å²) in [6, 6.07) is 16.3. The van der Waals surface area contributed by atoms with E-state index in [-0.39, 0.29) is 17.6 Å². The van der Waals surface area contributed by atoms with Crippen molar-refractivity contribution in [1.82, 2.24) is 15.6 Å². The highest BCUT2D eigenvalue weighted by Gasteiger charge is 2.31. The van der Waals surface area contributed by atoms with Crippen LogP contribution in [0.3, 0.4) is 0 Å². The van der Waals surface area contributed by atoms with Gasteiger partial charge in [-0.3, -0.25) is 9.59 Å². The van der Waals surface area contributed by atoms with Crippen molar-refractivity contribution in [2.75, 3.05) is 7.05 Å². The first-order chi connectivity index (χ1) is 16.1. The van der Waals surface area contributed by atoms with Gasteiger partial charge in [-0.2, -0.15) is 0 Å². The third-order valence-corrected chi connectivity index (χ3v) is 6.00. The molecule has 1 aromatic carbocycles. The van der Waals surface area contributed by atoms with Crippen LogP contribution in [0.25, 0.3) is 11.5 Å². The Morgan fingerprint density at radius 2 is 1.85 bits per heavy atom. The second kappa shape index (κ2) is 10.8. The number of ether oxygens (including phenoxy) is 1. The Balaban J connectivity index is 1.39. The first-order valence-electron chi connectivity index (χ1n) is 11.4. The molecule has 1 atom stereocenters. The molecule has 0 spiro atoms. The maximum absolute atomic E-state index is 12.8. The summed E-state index contributed by atoms with van der Waals surface area (Å²) in [5.41, 5.74) is 1.67. The zero-order valence-corrected chi connectivity index (χ0v) is 18.8. The number of rotatable bonds is 8. The van der Waals surface area contributed by atoms with Gasteiger partial charge in [0.2, 0.25) is 5.91 Å². The van der Waals surface area contributed by atoms with E-state index in [2.05, 4.69) is 15.6 Å². The van der Waals surface area contributed by atoms with Crippen LogP contribution in [-0.4, -0.2) is 29.9 Å². The molecule has 4 rings (SSSR count). The first-order valence-corrected chi connectivity index (χ1v) is 11.4. The van der Waals surface area contributed by atoms with Gasteiger partial charge in [0.1, 0.15) is 24.1 Å². The number of carbonyl (C=O) groups is 2. The van der Waals surface area contributed by atoms with Crippen LogP contribution in [0.1, 0.15) is 48.2 Å². The van der Waals surface area contributed by atoms with Gasteiger partial charge >= 0.3 is 0 Å². The molecule has 1 aliphatic rings. The summed E-state index contributed by atoms with van der Waals surface area (Å²) in [4.78, 5) is 29.6. The largest absolute Gasteiger partial charge is 0.487 e. The van der Waals surface area contributed by atoms with Gasteiger partial charge in [-0.1, -0.05) is 49.6 Å². The zero-order valence-electron chi connectivity index (χ0n) is 18.8. The van der Waals surface area contributed by atoms with Gasteiger partial charge in [-0.05, 0) is 48.6 Å². The zero-order chi connectivity index (χ0) is 23.0. The Kier molecular flexibility index (Phi) is 7.40. The fourth-order valence-electron chi connectivity index (χ4n) is 4.18. The van der Waals surface area contributed by atoms with Crippen LogP contribution in [0, 0.1) is 5.92 Å². The summed E-state index contributed by atoms with van der Waals surface area (Å²) in [6.45, 7) is 0.459. The summed E-state index contributed by atoms with van der Waals surface area (Å²) < 4.78 is 11.5. The minimum Gasteiger partial charge on any atom is -0.487 e. The number of carbonyl (C=O) groups excluding carboxylic acids is 2. The smallest absolute Gasteiger partial charge is 0.287 e. The number of nitrogens with zero attached hydrogens (tertiary/aromatic N) is 1. The van der Waals surface area contributed by atoms with E-state index in [0.29, 0.717) is 23.8 Å². The van der Waals surface area contributed by atoms with E-state index in [1.165, 1.54) is 6.42 Å². The molecule has 2 amide bonds. The highest BCUT2D eigenvalue weighted by Crippen LogP contribution is 2.27. The van der Waals surface area contributed by atoms with Crippen LogP contribution in [0.5, 0.6) is 5.75 Å². The van der Waals surface area contributed by atoms with E-state index in [1.807, 2.05) is 36.4 Å². The van der Waals surface area contributed by atoms with Crippen LogP contribution in [0.2, 0.25) is 0 Å². The Bertz CT molecular complexity index is 1060. The van der Waals surface area contributed by atoms with Gasteiger partial charge < -0.3 is 19.8 Å². The van der Waals surface area contributed by atoms with Crippen molar-refractivity contribution >= 4 is 11.8 Å². The van der Waals surface area contributed by atoms with E-state index in [1.54, 1.807) is 31.4 Å². The fraction of sp³-hybridized carbons (Fsp3) is 0.346. The lowest BCUT2D eigenvalue weighted by Crippen LogP contribution is -2.50. The molecular formula is C26H29N3O4. The summed E-state index contributed by atoms with van der Waals surface area (Å²) in [7, 11) is 1.59. The quantitative estimate of drug-likeness (QED) is 0.536. The lowest BCUT2D eigenvalue weighted by atomic mass is 9.83. The molecule has 0 radical (unpaired) electrons. The van der Waals surface area contributed by atoms with E-state index < -0.39 is 11.9 Å². The SMILES string of the molecule is CNC(=O)[C@@H](NC(=O)c1ccc(-c2ccc(OCc3ccccc3)cn2)o1)C1CCCCC1. The maximum Gasteiger partial charge on any atom is 0.287 e. The summed E-state index contributed by atoms with van der Waals surface area (Å²) in [6.07, 6.45) is 6.83. The van der Waals surface area contributed by atoms with E-state index in [0.717, 1.165) is 31.2 Å². The van der Waals surface area contributed by atoms with Crippen LogP contribution < -0.4 is 15.4 Å². The molecule has 7 nitrogen and oxygen atoms in total. The molecule has 2 N–H and O–H groups in total. The predicted octanol–water partition coefficient (Wildman–Crippen LogP) is 4.35. The third kappa shape index (κ3) is 5.80. The lowest BCUT2D eigenvalue weighted by molar-refractivity contribution is -0.124. The lowest BCUT2D eigenvalue weighted by Gasteiger charge is -2.29. The number of nitrogens with one attached hydrogen (secondary N) is 2. The minimum atomic E-state index is -0.560. The van der Waals surface area contributed by atoms with Crippen molar-refractivity contribution in [3.63, 3.8) is 0 Å². The van der Waals surface area contributed by atoms with Gasteiger partial charge in [0, 0.05) is 7.05 Å². The summed E-state index contributed by atoms with van der Waals surface area (Å²) >= 11 is 0. The van der Waals surface area contributed by atoms with Crippen LogP contribution in [0.15, 0.2) is 65.2 Å². The van der Waals surface area contributed by atoms with E-state index in [9.17, 15) is 9.59 Å². The predicted molar refractivity (Wildman–Crippen MR) is 125 cm³/mol. The van der Waals surface area contributed by atoms with Crippen molar-refractivity contribution in [2.24, 2.45) is 5.92 Å². The van der Waals surface area contributed by atoms with Crippen molar-refractivity contribution in [1.29, 1.82) is 0 Å². The number of pyridine rings is 1. The van der Waals surface area contributed by atoms with Crippen LogP contribution >= 0.6 is 0 Å². The molecule has 2 aromatic heterocycles. The number of benzene rings is 1. The third-order valence-electron chi connectivity index (χ3n) is 6.00. The molecule has 1 fully saturated rings. The Morgan fingerprint density at radius 3 is 2.55 bits per heavy atom. The molecule has 0 aliphatic heterocycles. The highest BCUT2D eigenvalue weighted by molar-refractivity contribution is 5.96. The summed E-state index contributed by atoms with van der Waals surface area (Å²) in [5, 5.41) is 5.54. The molecule has 1 saturated carbocycles. The standard InChI is InChI=1S/C26H29N3O4/c1-27-26(31)24(19-10-6-3-7-11-19)29-25(30)23-15-14-22(33-23)21-13-12-20(16-28-21)32-17-18-8-4-2-5-9-18/h2,4-5,8-9,12-16,19,24H,3,6-7,10-11,17H2,1H3,(H,27,31)(H,29,30)/t24-/m0/s1. The molecule has 0 saturated heterocycles. The van der Waals surface area contributed by atoms with Gasteiger partial charge in [0.15, 0.2) is 11.5 Å². The van der Waals surface area contributed by atoms with Gasteiger partial charge in [-0.15, -0.1) is 0 Å². The topological polar surface area (TPSA) is 93.5 Å². The van der Waals surface area contributed by atoms with Crippen molar-refractivity contribution in [3.05, 3.63) is 72.1 Å². The van der Waals surface area contributed by atoms with E-state index >= 15 is 0 Å². The summed E-state index contributed by atoms with van der Waals surface area (Å²) in [5.74, 6) is 0.845. The average Bonchev–Trinajstić information content (AvgIpc) is 3.37. The molecule has 33 heavy (non-hydrogen) atoms. The Labute approximate surface area is 193 Å². The fourth-order valence-corrected chi connectivity index (χ4v) is 4.18. The van der Waals surface area contributed by atoms with Crippen molar-refractivity contribution in [2.45, 2.75) is 44.8 Å². The van der Waals surface area contributed by atoms with Crippen LogP contribution in [0.4, 0.5) is 0 Å². The molecule has 0 unspecified atom stereocenters. The number of hydrogen-bond donors (Lipinski definition) is 2. The Hall–Kier alpha value is -3.61. The normalized spacial score (nSPS) is 14.9. The minimum absolute atomic E-state index is 0.141. The Morgan fingerprint density at radius 1 is 1.06 bits per heavy atom. The number of amides is 2. The molecule has 7 heteroatoms. The molecular weight excluding hydrogens is 418 g/mol. The number of furan rings is 1. The molecule has 172 valence electrons. The van der Waals surface area contributed by atoms with Crippen LogP contribution in [-0.2, 0) is 11.4 Å². The van der Waals surface area contributed by atoms with E-state index in [4.69, 9.17) is 9.15 Å². The number of aromatic nitrogens is 1.